The van der Waals surface area contributed by atoms with Gasteiger partial charge in [-0.05, 0) is 24.0 Å². The molecule has 0 spiro atoms. The van der Waals surface area contributed by atoms with Gasteiger partial charge >= 0.3 is 5.97 Å². The van der Waals surface area contributed by atoms with E-state index in [1.807, 2.05) is 31.2 Å². The third kappa shape index (κ3) is 5.47. The lowest BCUT2D eigenvalue weighted by molar-refractivity contribution is -0.142. The number of carbonyl (C=O) groups excluding carboxylic acids is 1. The zero-order valence-corrected chi connectivity index (χ0v) is 13.5. The number of nitriles is 1. The summed E-state index contributed by atoms with van der Waals surface area (Å²) in [6.07, 6.45) is 1.31. The van der Waals surface area contributed by atoms with Gasteiger partial charge in [0.05, 0.1) is 0 Å². The summed E-state index contributed by atoms with van der Waals surface area (Å²) in [5, 5.41) is 23.4. The van der Waals surface area contributed by atoms with Gasteiger partial charge in [0.2, 0.25) is 0 Å². The predicted octanol–water partition coefficient (Wildman–Crippen LogP) is 1.72. The van der Waals surface area contributed by atoms with Crippen molar-refractivity contribution in [3.8, 4) is 6.07 Å². The number of aryl methyl sites for hydroxylation is 1. The molecule has 6 nitrogen and oxygen atoms in total. The number of carbonyl (C=O) groups is 2. The maximum atomic E-state index is 12.0. The fourth-order valence-corrected chi connectivity index (χ4v) is 1.95. The van der Waals surface area contributed by atoms with Gasteiger partial charge in [0.15, 0.2) is 0 Å². The number of nitrogens with one attached hydrogen (secondary N) is 2. The second-order valence-electron chi connectivity index (χ2n) is 5.51. The van der Waals surface area contributed by atoms with Crippen molar-refractivity contribution >= 4 is 11.9 Å². The highest BCUT2D eigenvalue weighted by Gasteiger charge is 2.24. The minimum absolute atomic E-state index is 0.162. The molecular formula is C17H21N3O3. The Kier molecular flexibility index (Phi) is 6.81. The van der Waals surface area contributed by atoms with Crippen molar-refractivity contribution in [1.82, 2.24) is 10.6 Å². The number of carboxylic acid groups (broad SMARTS) is 1. The van der Waals surface area contributed by atoms with E-state index in [9.17, 15) is 9.59 Å². The Balaban J connectivity index is 2.72. The first-order valence-corrected chi connectivity index (χ1v) is 7.28. The normalized spacial score (nSPS) is 12.4. The zero-order chi connectivity index (χ0) is 17.4. The van der Waals surface area contributed by atoms with Crippen LogP contribution in [0.25, 0.3) is 0 Å². The molecule has 0 heterocycles. The van der Waals surface area contributed by atoms with Crippen molar-refractivity contribution in [1.29, 1.82) is 5.26 Å². The van der Waals surface area contributed by atoms with Crippen molar-refractivity contribution in [2.75, 3.05) is 0 Å². The number of benzene rings is 1. The standard InChI is InChI=1S/C17H21N3O3/c1-11(2)15(17(22)23)20-16(21)14(8-18)10-19-9-13-7-5-4-6-12(13)3/h4-7,10-11,15,19H,9H2,1-3H3,(H,20,21)(H,22,23)/b14-10-. The summed E-state index contributed by atoms with van der Waals surface area (Å²) in [6, 6.07) is 8.50. The van der Waals surface area contributed by atoms with Gasteiger partial charge < -0.3 is 15.7 Å². The Hall–Kier alpha value is -2.81. The quantitative estimate of drug-likeness (QED) is 0.525. The largest absolute Gasteiger partial charge is 0.480 e. The molecular weight excluding hydrogens is 294 g/mol. The van der Waals surface area contributed by atoms with Gasteiger partial charge in [0, 0.05) is 12.7 Å². The summed E-state index contributed by atoms with van der Waals surface area (Å²) in [5.74, 6) is -2.11. The molecule has 0 aliphatic heterocycles. The maximum absolute atomic E-state index is 12.0. The average Bonchev–Trinajstić information content (AvgIpc) is 2.50. The fourth-order valence-electron chi connectivity index (χ4n) is 1.95. The fraction of sp³-hybridized carbons (Fsp3) is 0.353. The molecule has 1 aromatic carbocycles. The van der Waals surface area contributed by atoms with E-state index in [0.717, 1.165) is 11.1 Å². The number of amides is 1. The molecule has 23 heavy (non-hydrogen) atoms. The summed E-state index contributed by atoms with van der Waals surface area (Å²) in [4.78, 5) is 23.1. The van der Waals surface area contributed by atoms with Crippen molar-refractivity contribution < 1.29 is 14.7 Å². The first-order chi connectivity index (χ1) is 10.9. The molecule has 1 rings (SSSR count). The van der Waals surface area contributed by atoms with Crippen LogP contribution in [0.1, 0.15) is 25.0 Å². The Morgan fingerprint density at radius 2 is 2.00 bits per heavy atom. The molecule has 1 amide bonds. The SMILES string of the molecule is Cc1ccccc1CN/C=C(/C#N)C(=O)NC(C(=O)O)C(C)C. The first-order valence-electron chi connectivity index (χ1n) is 7.28. The minimum Gasteiger partial charge on any atom is -0.480 e. The molecule has 3 N–H and O–H groups in total. The van der Waals surface area contributed by atoms with Crippen molar-refractivity contribution in [2.45, 2.75) is 33.4 Å². The molecule has 0 saturated heterocycles. The van der Waals surface area contributed by atoms with Crippen LogP contribution in [0.2, 0.25) is 0 Å². The summed E-state index contributed by atoms with van der Waals surface area (Å²) in [5.41, 5.74) is 1.99. The third-order valence-corrected chi connectivity index (χ3v) is 3.38. The van der Waals surface area contributed by atoms with Crippen LogP contribution in [-0.2, 0) is 16.1 Å². The number of nitrogens with zero attached hydrogens (tertiary/aromatic N) is 1. The Morgan fingerprint density at radius 3 is 2.52 bits per heavy atom. The Bertz CT molecular complexity index is 645. The first kappa shape index (κ1) is 18.2. The van der Waals surface area contributed by atoms with E-state index >= 15 is 0 Å². The average molecular weight is 315 g/mol. The molecule has 0 aliphatic carbocycles. The molecule has 0 radical (unpaired) electrons. The molecule has 0 bridgehead atoms. The lowest BCUT2D eigenvalue weighted by Gasteiger charge is -2.17. The van der Waals surface area contributed by atoms with E-state index in [1.165, 1.54) is 6.20 Å². The number of rotatable bonds is 7. The van der Waals surface area contributed by atoms with Crippen molar-refractivity contribution in [2.24, 2.45) is 5.92 Å². The maximum Gasteiger partial charge on any atom is 0.326 e. The van der Waals surface area contributed by atoms with E-state index in [2.05, 4.69) is 10.6 Å². The highest BCUT2D eigenvalue weighted by molar-refractivity contribution is 5.99. The van der Waals surface area contributed by atoms with Gasteiger partial charge in [-0.25, -0.2) is 4.79 Å². The van der Waals surface area contributed by atoms with Crippen LogP contribution in [-0.4, -0.2) is 23.0 Å². The summed E-state index contributed by atoms with van der Waals surface area (Å²) in [6.45, 7) is 5.81. The van der Waals surface area contributed by atoms with Gasteiger partial charge in [0.25, 0.3) is 5.91 Å². The molecule has 0 aromatic heterocycles. The second-order valence-corrected chi connectivity index (χ2v) is 5.51. The summed E-state index contributed by atoms with van der Waals surface area (Å²) >= 11 is 0. The van der Waals surface area contributed by atoms with Crippen LogP contribution in [0, 0.1) is 24.2 Å². The van der Waals surface area contributed by atoms with E-state index in [0.29, 0.717) is 6.54 Å². The van der Waals surface area contributed by atoms with E-state index in [-0.39, 0.29) is 11.5 Å². The summed E-state index contributed by atoms with van der Waals surface area (Å²) in [7, 11) is 0. The third-order valence-electron chi connectivity index (χ3n) is 3.38. The zero-order valence-electron chi connectivity index (χ0n) is 13.5. The molecule has 1 atom stereocenters. The van der Waals surface area contributed by atoms with Crippen LogP contribution in [0.15, 0.2) is 36.0 Å². The lowest BCUT2D eigenvalue weighted by Crippen LogP contribution is -2.44. The van der Waals surface area contributed by atoms with Crippen LogP contribution in [0.5, 0.6) is 0 Å². The molecule has 6 heteroatoms. The van der Waals surface area contributed by atoms with Crippen LogP contribution in [0.3, 0.4) is 0 Å². The van der Waals surface area contributed by atoms with Gasteiger partial charge in [-0.3, -0.25) is 4.79 Å². The minimum atomic E-state index is -1.13. The van der Waals surface area contributed by atoms with Gasteiger partial charge in [-0.15, -0.1) is 0 Å². The number of carboxylic acids is 1. The monoisotopic (exact) mass is 315 g/mol. The van der Waals surface area contributed by atoms with E-state index in [1.54, 1.807) is 19.9 Å². The summed E-state index contributed by atoms with van der Waals surface area (Å²) < 4.78 is 0. The van der Waals surface area contributed by atoms with Gasteiger partial charge in [-0.1, -0.05) is 38.1 Å². The van der Waals surface area contributed by atoms with Gasteiger partial charge in [0.1, 0.15) is 17.7 Å². The van der Waals surface area contributed by atoms with Crippen LogP contribution in [0.4, 0.5) is 0 Å². The second kappa shape index (κ2) is 8.59. The van der Waals surface area contributed by atoms with E-state index < -0.39 is 17.9 Å². The molecule has 0 saturated carbocycles. The molecule has 0 aliphatic rings. The van der Waals surface area contributed by atoms with E-state index in [4.69, 9.17) is 10.4 Å². The molecule has 0 fully saturated rings. The molecule has 1 aromatic rings. The Labute approximate surface area is 135 Å². The van der Waals surface area contributed by atoms with Crippen LogP contribution >= 0.6 is 0 Å². The predicted molar refractivity (Wildman–Crippen MR) is 86.1 cm³/mol. The highest BCUT2D eigenvalue weighted by atomic mass is 16.4. The molecule has 122 valence electrons. The smallest absolute Gasteiger partial charge is 0.326 e. The number of hydrogen-bond donors (Lipinski definition) is 3. The topological polar surface area (TPSA) is 102 Å². The highest BCUT2D eigenvalue weighted by Crippen LogP contribution is 2.07. The number of aliphatic carboxylic acids is 1. The van der Waals surface area contributed by atoms with Crippen molar-refractivity contribution in [3.05, 3.63) is 47.2 Å². The van der Waals surface area contributed by atoms with Gasteiger partial charge in [-0.2, -0.15) is 5.26 Å². The number of hydrogen-bond acceptors (Lipinski definition) is 4. The van der Waals surface area contributed by atoms with Crippen molar-refractivity contribution in [3.63, 3.8) is 0 Å². The van der Waals surface area contributed by atoms with Crippen LogP contribution < -0.4 is 10.6 Å². The molecule has 1 unspecified atom stereocenters. The lowest BCUT2D eigenvalue weighted by atomic mass is 10.0. The Morgan fingerprint density at radius 1 is 1.35 bits per heavy atom.